The molecule has 42 heavy (non-hydrogen) atoms. The number of fused-ring (bicyclic) bond motifs is 1. The number of aromatic nitrogens is 1. The highest BCUT2D eigenvalue weighted by molar-refractivity contribution is 9.10. The average Bonchev–Trinajstić information content (AvgIpc) is 3.55. The van der Waals surface area contributed by atoms with Crippen LogP contribution in [-0.4, -0.2) is 30.2 Å². The molecule has 4 aromatic rings. The molecule has 2 aromatic carbocycles. The van der Waals surface area contributed by atoms with Gasteiger partial charge in [0.2, 0.25) is 0 Å². The molecule has 0 saturated carbocycles. The second kappa shape index (κ2) is 12.2. The van der Waals surface area contributed by atoms with Crippen LogP contribution >= 0.6 is 27.3 Å². The Bertz CT molecular complexity index is 1930. The van der Waals surface area contributed by atoms with E-state index in [-0.39, 0.29) is 29.2 Å². The van der Waals surface area contributed by atoms with Crippen molar-refractivity contribution in [3.05, 3.63) is 114 Å². The van der Waals surface area contributed by atoms with Crippen LogP contribution in [0.1, 0.15) is 31.2 Å². The highest BCUT2D eigenvalue weighted by Gasteiger charge is 2.34. The lowest BCUT2D eigenvalue weighted by Crippen LogP contribution is -2.40. The number of hydrogen-bond donors (Lipinski definition) is 0. The summed E-state index contributed by atoms with van der Waals surface area (Å²) in [5.74, 6) is 0.449. The SMILES string of the molecule is C=CCOC(=O)C1=C(C)N=c2sc(=Cc3ccc(-c4cccc(Br)c4)o3)c(=O)n2C1c1ccc(OC(C)=O)c(OC)c1. The van der Waals surface area contributed by atoms with E-state index in [1.54, 1.807) is 37.3 Å². The standard InChI is InChI=1S/C31H25BrN2O7S/c1-5-13-39-30(37)27-17(2)33-31-34(28(27)20-9-11-24(40-18(3)35)25(15-20)38-4)29(36)26(42-31)16-22-10-12-23(41-22)19-7-6-8-21(32)14-19/h5-12,14-16,28H,1,13H2,2-4H3. The van der Waals surface area contributed by atoms with Crippen LogP contribution in [0, 0.1) is 0 Å². The van der Waals surface area contributed by atoms with Crippen molar-refractivity contribution in [2.24, 2.45) is 4.99 Å². The summed E-state index contributed by atoms with van der Waals surface area (Å²) in [7, 11) is 1.43. The number of esters is 2. The predicted molar refractivity (Wildman–Crippen MR) is 161 cm³/mol. The minimum atomic E-state index is -0.894. The number of hydrogen-bond acceptors (Lipinski definition) is 9. The van der Waals surface area contributed by atoms with E-state index >= 15 is 0 Å². The van der Waals surface area contributed by atoms with E-state index in [0.717, 1.165) is 10.0 Å². The van der Waals surface area contributed by atoms with E-state index in [1.807, 2.05) is 30.3 Å². The minimum Gasteiger partial charge on any atom is -0.493 e. The molecule has 0 aliphatic carbocycles. The van der Waals surface area contributed by atoms with Crippen molar-refractivity contribution in [2.45, 2.75) is 19.9 Å². The van der Waals surface area contributed by atoms with Gasteiger partial charge in [0.15, 0.2) is 16.3 Å². The number of furan rings is 1. The topological polar surface area (TPSA) is 109 Å². The Morgan fingerprint density at radius 1 is 1.17 bits per heavy atom. The maximum atomic E-state index is 13.9. The van der Waals surface area contributed by atoms with Gasteiger partial charge >= 0.3 is 11.9 Å². The van der Waals surface area contributed by atoms with Gasteiger partial charge in [0.1, 0.15) is 18.1 Å². The third-order valence-corrected chi connectivity index (χ3v) is 7.82. The minimum absolute atomic E-state index is 0.0136. The zero-order valence-corrected chi connectivity index (χ0v) is 25.3. The summed E-state index contributed by atoms with van der Waals surface area (Å²) < 4.78 is 24.9. The number of halogens is 1. The number of carbonyl (C=O) groups excluding carboxylic acids is 2. The lowest BCUT2D eigenvalue weighted by atomic mass is 9.95. The maximum Gasteiger partial charge on any atom is 0.338 e. The van der Waals surface area contributed by atoms with Crippen LogP contribution in [0.25, 0.3) is 17.4 Å². The number of thiazole rings is 1. The van der Waals surface area contributed by atoms with Crippen molar-refractivity contribution < 1.29 is 28.2 Å². The van der Waals surface area contributed by atoms with Crippen LogP contribution in [0.15, 0.2) is 97.2 Å². The molecule has 0 radical (unpaired) electrons. The van der Waals surface area contributed by atoms with Gasteiger partial charge in [-0.2, -0.15) is 0 Å². The second-order valence-corrected chi connectivity index (χ2v) is 11.1. The van der Waals surface area contributed by atoms with Crippen LogP contribution in [-0.2, 0) is 14.3 Å². The number of methoxy groups -OCH3 is 1. The quantitative estimate of drug-likeness (QED) is 0.152. The van der Waals surface area contributed by atoms with Crippen LogP contribution in [0.2, 0.25) is 0 Å². The van der Waals surface area contributed by atoms with Gasteiger partial charge in [0.05, 0.1) is 29.0 Å². The molecule has 0 bridgehead atoms. The van der Waals surface area contributed by atoms with Crippen molar-refractivity contribution in [3.63, 3.8) is 0 Å². The fraction of sp³-hybridized carbons (Fsp3) is 0.161. The third kappa shape index (κ3) is 5.79. The molecule has 2 aromatic heterocycles. The molecule has 0 fully saturated rings. The summed E-state index contributed by atoms with van der Waals surface area (Å²) in [6.45, 7) is 6.57. The molecule has 0 spiro atoms. The molecule has 1 unspecified atom stereocenters. The molecule has 0 N–H and O–H groups in total. The summed E-state index contributed by atoms with van der Waals surface area (Å²) in [5.41, 5.74) is 1.64. The zero-order chi connectivity index (χ0) is 30.0. The van der Waals surface area contributed by atoms with Gasteiger partial charge in [-0.25, -0.2) is 9.79 Å². The number of allylic oxidation sites excluding steroid dienone is 1. The first-order chi connectivity index (χ1) is 20.2. The number of ether oxygens (including phenoxy) is 3. The summed E-state index contributed by atoms with van der Waals surface area (Å²) in [4.78, 5) is 43.8. The Labute approximate surface area is 252 Å². The number of nitrogens with zero attached hydrogens (tertiary/aromatic N) is 2. The van der Waals surface area contributed by atoms with Crippen LogP contribution in [0.3, 0.4) is 0 Å². The lowest BCUT2D eigenvalue weighted by molar-refractivity contribution is -0.138. The smallest absolute Gasteiger partial charge is 0.338 e. The molecule has 1 aliphatic heterocycles. The summed E-state index contributed by atoms with van der Waals surface area (Å²) in [6, 6.07) is 15.3. The second-order valence-electron chi connectivity index (χ2n) is 9.19. The number of benzene rings is 2. The van der Waals surface area contributed by atoms with Crippen LogP contribution < -0.4 is 24.4 Å². The first-order valence-electron chi connectivity index (χ1n) is 12.7. The van der Waals surface area contributed by atoms with Gasteiger partial charge in [-0.05, 0) is 48.9 Å². The first-order valence-corrected chi connectivity index (χ1v) is 14.3. The third-order valence-electron chi connectivity index (χ3n) is 6.34. The Hall–Kier alpha value is -4.48. The normalized spacial score (nSPS) is 14.7. The molecule has 214 valence electrons. The van der Waals surface area contributed by atoms with Gasteiger partial charge in [0.25, 0.3) is 5.56 Å². The molecular formula is C31H25BrN2O7S. The van der Waals surface area contributed by atoms with E-state index in [2.05, 4.69) is 27.5 Å². The maximum absolute atomic E-state index is 13.9. The van der Waals surface area contributed by atoms with Crippen LogP contribution in [0.5, 0.6) is 11.5 Å². The fourth-order valence-electron chi connectivity index (χ4n) is 4.56. The van der Waals surface area contributed by atoms with Gasteiger partial charge in [0, 0.05) is 23.0 Å². The van der Waals surface area contributed by atoms with Gasteiger partial charge in [-0.1, -0.05) is 58.1 Å². The highest BCUT2D eigenvalue weighted by Crippen LogP contribution is 2.36. The van der Waals surface area contributed by atoms with Crippen molar-refractivity contribution in [1.82, 2.24) is 4.57 Å². The monoisotopic (exact) mass is 648 g/mol. The largest absolute Gasteiger partial charge is 0.493 e. The molecule has 0 saturated heterocycles. The molecular weight excluding hydrogens is 624 g/mol. The summed E-state index contributed by atoms with van der Waals surface area (Å²) >= 11 is 4.65. The van der Waals surface area contributed by atoms with E-state index in [1.165, 1.54) is 36.0 Å². The molecule has 1 atom stereocenters. The Kier molecular flexibility index (Phi) is 8.41. The Morgan fingerprint density at radius 3 is 2.69 bits per heavy atom. The molecule has 11 heteroatoms. The van der Waals surface area contributed by atoms with Crippen molar-refractivity contribution in [2.75, 3.05) is 13.7 Å². The summed E-state index contributed by atoms with van der Waals surface area (Å²) in [5, 5.41) is 0. The van der Waals surface area contributed by atoms with Gasteiger partial charge < -0.3 is 18.6 Å². The van der Waals surface area contributed by atoms with E-state index in [9.17, 15) is 14.4 Å². The van der Waals surface area contributed by atoms with Crippen molar-refractivity contribution in [1.29, 1.82) is 0 Å². The Balaban J connectivity index is 1.65. The number of carbonyl (C=O) groups is 2. The van der Waals surface area contributed by atoms with E-state index in [4.69, 9.17) is 18.6 Å². The zero-order valence-electron chi connectivity index (χ0n) is 22.9. The van der Waals surface area contributed by atoms with Crippen LogP contribution in [0.4, 0.5) is 0 Å². The fourth-order valence-corrected chi connectivity index (χ4v) is 5.99. The van der Waals surface area contributed by atoms with Crippen molar-refractivity contribution in [3.8, 4) is 22.8 Å². The first kappa shape index (κ1) is 29.0. The summed E-state index contributed by atoms with van der Waals surface area (Å²) in [6.07, 6.45) is 3.11. The molecule has 0 amide bonds. The van der Waals surface area contributed by atoms with Gasteiger partial charge in [-0.15, -0.1) is 0 Å². The molecule has 3 heterocycles. The molecule has 1 aliphatic rings. The lowest BCUT2D eigenvalue weighted by Gasteiger charge is -2.25. The predicted octanol–water partition coefficient (Wildman–Crippen LogP) is 4.92. The van der Waals surface area contributed by atoms with E-state index < -0.39 is 18.0 Å². The number of rotatable bonds is 8. The molecule has 9 nitrogen and oxygen atoms in total. The molecule has 5 rings (SSSR count). The van der Waals surface area contributed by atoms with Gasteiger partial charge in [-0.3, -0.25) is 14.2 Å². The highest BCUT2D eigenvalue weighted by atomic mass is 79.9. The Morgan fingerprint density at radius 2 is 1.98 bits per heavy atom. The average molecular weight is 650 g/mol. The van der Waals surface area contributed by atoms with Crippen molar-refractivity contribution >= 4 is 45.3 Å². The van der Waals surface area contributed by atoms with E-state index in [0.29, 0.717) is 32.1 Å².